The molecule has 0 fully saturated rings. The smallest absolute Gasteiger partial charge is 0.309 e. The molecule has 0 heterocycles. The molecule has 6 nitrogen and oxygen atoms in total. The van der Waals surface area contributed by atoms with Crippen LogP contribution in [0.25, 0.3) is 0 Å². The molecule has 394 valence electrons. The molecule has 0 bridgehead atoms. The highest BCUT2D eigenvalue weighted by atomic mass is 16.6. The van der Waals surface area contributed by atoms with Crippen molar-refractivity contribution in [1.29, 1.82) is 0 Å². The first-order chi connectivity index (χ1) is 34.0. The van der Waals surface area contributed by atoms with E-state index in [0.29, 0.717) is 12.8 Å². The Bertz CT molecular complexity index is 1380. The molecule has 0 saturated carbocycles. The summed E-state index contributed by atoms with van der Waals surface area (Å²) in [6, 6.07) is 0. The first-order valence-corrected chi connectivity index (χ1v) is 28.7. The highest BCUT2D eigenvalue weighted by Crippen LogP contribution is 2.16. The Morgan fingerprint density at radius 2 is 0.623 bits per heavy atom. The molecule has 0 radical (unpaired) electrons. The number of allylic oxidation sites excluding steroid dienone is 15. The number of hydrogen-bond donors (Lipinski definition) is 0. The number of esters is 3. The van der Waals surface area contributed by atoms with Gasteiger partial charge in [-0.15, -0.1) is 0 Å². The maximum absolute atomic E-state index is 12.8. The van der Waals surface area contributed by atoms with Gasteiger partial charge in [0.15, 0.2) is 6.10 Å². The summed E-state index contributed by atoms with van der Waals surface area (Å²) in [5.41, 5.74) is 0. The predicted octanol–water partition coefficient (Wildman–Crippen LogP) is 19.3. The lowest BCUT2D eigenvalue weighted by molar-refractivity contribution is -0.166. The average molecular weight is 960 g/mol. The maximum Gasteiger partial charge on any atom is 0.309 e. The van der Waals surface area contributed by atoms with Gasteiger partial charge in [-0.25, -0.2) is 0 Å². The molecule has 0 N–H and O–H groups in total. The molecule has 69 heavy (non-hydrogen) atoms. The summed E-state index contributed by atoms with van der Waals surface area (Å²) in [4.78, 5) is 38.1. The molecular formula is C63H106O6. The van der Waals surface area contributed by atoms with Gasteiger partial charge in [-0.1, -0.05) is 266 Å². The lowest BCUT2D eigenvalue weighted by Gasteiger charge is -2.18. The average Bonchev–Trinajstić information content (AvgIpc) is 3.35. The van der Waals surface area contributed by atoms with Crippen molar-refractivity contribution in [3.8, 4) is 0 Å². The van der Waals surface area contributed by atoms with Gasteiger partial charge in [0.2, 0.25) is 0 Å². The number of hydrogen-bond acceptors (Lipinski definition) is 6. The zero-order chi connectivity index (χ0) is 50.0. The van der Waals surface area contributed by atoms with Crippen molar-refractivity contribution in [3.63, 3.8) is 0 Å². The summed E-state index contributed by atoms with van der Waals surface area (Å²) in [6.07, 6.45) is 75.7. The number of carbonyl (C=O) groups excluding carboxylic acids is 3. The molecule has 0 aromatic rings. The number of rotatable bonds is 51. The van der Waals surface area contributed by atoms with Gasteiger partial charge in [0.1, 0.15) is 13.2 Å². The van der Waals surface area contributed by atoms with Crippen LogP contribution in [-0.4, -0.2) is 37.2 Å². The van der Waals surface area contributed by atoms with E-state index in [1.54, 1.807) is 6.08 Å². The minimum Gasteiger partial charge on any atom is -0.462 e. The first-order valence-electron chi connectivity index (χ1n) is 28.7. The van der Waals surface area contributed by atoms with Gasteiger partial charge in [-0.3, -0.25) is 14.4 Å². The molecule has 0 rings (SSSR count). The number of carbonyl (C=O) groups is 3. The summed E-state index contributed by atoms with van der Waals surface area (Å²) in [5.74, 6) is -1.05. The second kappa shape index (κ2) is 56.9. The predicted molar refractivity (Wildman–Crippen MR) is 297 cm³/mol. The van der Waals surface area contributed by atoms with Gasteiger partial charge in [0, 0.05) is 12.8 Å². The summed E-state index contributed by atoms with van der Waals surface area (Å²) < 4.78 is 16.8. The Labute approximate surface area is 426 Å². The van der Waals surface area contributed by atoms with E-state index in [1.807, 2.05) is 6.08 Å². The normalized spacial score (nSPS) is 12.8. The van der Waals surface area contributed by atoms with E-state index >= 15 is 0 Å². The Morgan fingerprint density at radius 3 is 1.01 bits per heavy atom. The van der Waals surface area contributed by atoms with E-state index in [0.717, 1.165) is 96.3 Å². The molecular weight excluding hydrogens is 853 g/mol. The molecule has 0 aromatic carbocycles. The van der Waals surface area contributed by atoms with Crippen LogP contribution in [0.1, 0.15) is 265 Å². The van der Waals surface area contributed by atoms with Crippen LogP contribution in [0.3, 0.4) is 0 Å². The van der Waals surface area contributed by atoms with E-state index in [9.17, 15) is 14.4 Å². The van der Waals surface area contributed by atoms with Crippen LogP contribution in [0.4, 0.5) is 0 Å². The van der Waals surface area contributed by atoms with Crippen LogP contribution in [-0.2, 0) is 28.6 Å². The molecule has 0 aliphatic heterocycles. The Hall–Kier alpha value is -3.67. The number of ether oxygens (including phenoxy) is 3. The highest BCUT2D eigenvalue weighted by molar-refractivity contribution is 5.72. The molecule has 6 heteroatoms. The third-order valence-electron chi connectivity index (χ3n) is 12.1. The van der Waals surface area contributed by atoms with E-state index in [-0.39, 0.29) is 31.6 Å². The second-order valence-corrected chi connectivity index (χ2v) is 18.8. The van der Waals surface area contributed by atoms with E-state index in [4.69, 9.17) is 14.2 Å². The van der Waals surface area contributed by atoms with Gasteiger partial charge < -0.3 is 14.2 Å². The second-order valence-electron chi connectivity index (χ2n) is 18.8. The van der Waals surface area contributed by atoms with Crippen LogP contribution in [0.15, 0.2) is 97.2 Å². The molecule has 0 aliphatic rings. The fourth-order valence-corrected chi connectivity index (χ4v) is 7.88. The van der Waals surface area contributed by atoms with Crippen LogP contribution >= 0.6 is 0 Å². The SMILES string of the molecule is CC/C=C\C/C=C\C/C=C\C/C=C\C/C=C\CC(=O)OCC(COC(=O)CCCCCCCCCCCCCCCCCCCCC)OC(=O)CCCCCCCCC/C=C\C/C=C\C/C=C\CC. The van der Waals surface area contributed by atoms with Gasteiger partial charge in [-0.05, 0) is 77.0 Å². The fourth-order valence-electron chi connectivity index (χ4n) is 7.88. The van der Waals surface area contributed by atoms with Gasteiger partial charge in [0.25, 0.3) is 0 Å². The molecule has 1 atom stereocenters. The Morgan fingerprint density at radius 1 is 0.319 bits per heavy atom. The third kappa shape index (κ3) is 55.1. The molecule has 0 aromatic heterocycles. The summed E-state index contributed by atoms with van der Waals surface area (Å²) >= 11 is 0. The zero-order valence-corrected chi connectivity index (χ0v) is 45.0. The Balaban J connectivity index is 4.46. The van der Waals surface area contributed by atoms with E-state index in [1.165, 1.54) is 128 Å². The molecule has 0 amide bonds. The van der Waals surface area contributed by atoms with Crippen LogP contribution < -0.4 is 0 Å². The van der Waals surface area contributed by atoms with Gasteiger partial charge in [-0.2, -0.15) is 0 Å². The van der Waals surface area contributed by atoms with Crippen LogP contribution in [0.2, 0.25) is 0 Å². The minimum absolute atomic E-state index is 0.110. The standard InChI is InChI=1S/C63H106O6/c1-4-7-10-13-16-19-22-25-28-30-31-33-35-38-41-44-47-50-53-56-62(65)68-59-60(58-67-61(64)55-52-49-46-43-40-37-34-27-24-21-18-15-12-9-6-3)69-63(66)57-54-51-48-45-42-39-36-32-29-26-23-20-17-14-11-8-5-2/h8-9,11-12,17-18,20-21,26-27,29,34,40,43,49,52,60H,4-7,10,13-16,19,22-25,28,30-33,35-39,41-42,44-48,50-51,53-59H2,1-3H3/b11-8-,12-9-,20-17-,21-18-,29-26-,34-27-,43-40-,52-49-. The largest absolute Gasteiger partial charge is 0.462 e. The fraction of sp³-hybridized carbons (Fsp3) is 0.698. The summed E-state index contributed by atoms with van der Waals surface area (Å²) in [6.45, 7) is 6.34. The highest BCUT2D eigenvalue weighted by Gasteiger charge is 2.19. The van der Waals surface area contributed by atoms with Crippen LogP contribution in [0, 0.1) is 0 Å². The zero-order valence-electron chi connectivity index (χ0n) is 45.0. The minimum atomic E-state index is -0.822. The van der Waals surface area contributed by atoms with Crippen molar-refractivity contribution >= 4 is 17.9 Å². The summed E-state index contributed by atoms with van der Waals surface area (Å²) in [7, 11) is 0. The van der Waals surface area contributed by atoms with Crippen molar-refractivity contribution < 1.29 is 28.6 Å². The number of unbranched alkanes of at least 4 members (excludes halogenated alkanes) is 25. The maximum atomic E-state index is 12.8. The molecule has 1 unspecified atom stereocenters. The van der Waals surface area contributed by atoms with Crippen LogP contribution in [0.5, 0.6) is 0 Å². The molecule has 0 aliphatic carbocycles. The van der Waals surface area contributed by atoms with Crippen molar-refractivity contribution in [2.75, 3.05) is 13.2 Å². The third-order valence-corrected chi connectivity index (χ3v) is 12.1. The lowest BCUT2D eigenvalue weighted by atomic mass is 10.0. The molecule has 0 spiro atoms. The Kier molecular flexibility index (Phi) is 53.9. The van der Waals surface area contributed by atoms with Crippen molar-refractivity contribution in [3.05, 3.63) is 97.2 Å². The lowest BCUT2D eigenvalue weighted by Crippen LogP contribution is -2.30. The quantitative estimate of drug-likeness (QED) is 0.0262. The first kappa shape index (κ1) is 65.3. The monoisotopic (exact) mass is 959 g/mol. The molecule has 0 saturated heterocycles. The van der Waals surface area contributed by atoms with Crippen molar-refractivity contribution in [2.24, 2.45) is 0 Å². The van der Waals surface area contributed by atoms with Crippen molar-refractivity contribution in [2.45, 2.75) is 271 Å². The van der Waals surface area contributed by atoms with Gasteiger partial charge in [0.05, 0.1) is 6.42 Å². The summed E-state index contributed by atoms with van der Waals surface area (Å²) in [5, 5.41) is 0. The topological polar surface area (TPSA) is 78.9 Å². The van der Waals surface area contributed by atoms with E-state index < -0.39 is 12.1 Å². The van der Waals surface area contributed by atoms with Gasteiger partial charge >= 0.3 is 17.9 Å². The van der Waals surface area contributed by atoms with E-state index in [2.05, 4.69) is 106 Å². The van der Waals surface area contributed by atoms with Crippen molar-refractivity contribution in [1.82, 2.24) is 0 Å².